The molecule has 0 bridgehead atoms. The number of allylic oxidation sites excluding steroid dienone is 4. The third kappa shape index (κ3) is 2.79. The van der Waals surface area contributed by atoms with Gasteiger partial charge in [-0.25, -0.2) is 0 Å². The number of para-hydroxylation sites is 2. The number of rotatable bonds is 2. The van der Waals surface area contributed by atoms with Crippen molar-refractivity contribution >= 4 is 49.3 Å². The van der Waals surface area contributed by atoms with E-state index < -0.39 is 0 Å². The highest BCUT2D eigenvalue weighted by molar-refractivity contribution is 6.17. The van der Waals surface area contributed by atoms with Crippen molar-refractivity contribution in [1.29, 1.82) is 10.5 Å². The fourth-order valence-electron chi connectivity index (χ4n) is 5.70. The Morgan fingerprint density at radius 3 is 2.06 bits per heavy atom. The van der Waals surface area contributed by atoms with E-state index in [4.69, 9.17) is 0 Å². The number of aromatic nitrogens is 2. The maximum absolute atomic E-state index is 9.52. The minimum absolute atomic E-state index is 0.661. The zero-order chi connectivity index (χ0) is 24.2. The van der Waals surface area contributed by atoms with Gasteiger partial charge in [0.1, 0.15) is 0 Å². The Bertz CT molecular complexity index is 2020. The van der Waals surface area contributed by atoms with E-state index in [2.05, 4.69) is 100 Å². The largest absolute Gasteiger partial charge is 0.313 e. The quantitative estimate of drug-likeness (QED) is 0.264. The first-order valence-electron chi connectivity index (χ1n) is 12.0. The molecule has 7 rings (SSSR count). The van der Waals surface area contributed by atoms with Crippen LogP contribution in [0.5, 0.6) is 0 Å². The van der Waals surface area contributed by atoms with Crippen LogP contribution in [0.3, 0.4) is 0 Å². The van der Waals surface area contributed by atoms with E-state index in [9.17, 15) is 10.5 Å². The van der Waals surface area contributed by atoms with Gasteiger partial charge in [0.05, 0.1) is 45.5 Å². The maximum Gasteiger partial charge on any atom is 0.0991 e. The van der Waals surface area contributed by atoms with Crippen LogP contribution in [0.2, 0.25) is 0 Å². The summed E-state index contributed by atoms with van der Waals surface area (Å²) in [5.74, 6) is 0. The molecule has 0 N–H and O–H groups in total. The molecule has 4 heteroatoms. The lowest BCUT2D eigenvalue weighted by atomic mass is 10.0. The van der Waals surface area contributed by atoms with Gasteiger partial charge < -0.3 is 9.13 Å². The van der Waals surface area contributed by atoms with Gasteiger partial charge in [-0.3, -0.25) is 0 Å². The van der Waals surface area contributed by atoms with Crippen LogP contribution in [0.1, 0.15) is 18.4 Å². The Morgan fingerprint density at radius 1 is 0.583 bits per heavy atom. The minimum Gasteiger partial charge on any atom is -0.313 e. The van der Waals surface area contributed by atoms with Crippen molar-refractivity contribution in [3.05, 3.63) is 108 Å². The Balaban J connectivity index is 1.62. The molecule has 4 aromatic carbocycles. The second kappa shape index (κ2) is 7.73. The van der Waals surface area contributed by atoms with Gasteiger partial charge in [-0.1, -0.05) is 42.5 Å². The highest BCUT2D eigenvalue weighted by atomic mass is 15.0. The molecule has 0 aliphatic heterocycles. The number of nitrogens with zero attached hydrogens (tertiary/aromatic N) is 4. The molecule has 0 saturated heterocycles. The molecule has 0 atom stereocenters. The van der Waals surface area contributed by atoms with Crippen molar-refractivity contribution in [2.45, 2.75) is 12.8 Å². The molecule has 0 amide bonds. The first-order valence-corrected chi connectivity index (χ1v) is 12.0. The van der Waals surface area contributed by atoms with Crippen LogP contribution in [0, 0.1) is 22.7 Å². The molecular formula is C32H20N4. The number of nitriles is 2. The second-order valence-corrected chi connectivity index (χ2v) is 9.18. The second-order valence-electron chi connectivity index (χ2n) is 9.18. The van der Waals surface area contributed by atoms with Gasteiger partial charge in [0.2, 0.25) is 0 Å². The molecule has 168 valence electrons. The summed E-state index contributed by atoms with van der Waals surface area (Å²) < 4.78 is 4.67. The molecule has 36 heavy (non-hydrogen) atoms. The van der Waals surface area contributed by atoms with Crippen LogP contribution < -0.4 is 0 Å². The lowest BCUT2D eigenvalue weighted by Gasteiger charge is -2.15. The van der Waals surface area contributed by atoms with Crippen LogP contribution in [-0.4, -0.2) is 9.13 Å². The third-order valence-corrected chi connectivity index (χ3v) is 7.28. The fourth-order valence-corrected chi connectivity index (χ4v) is 5.70. The minimum atomic E-state index is 0.661. The number of benzene rings is 4. The Morgan fingerprint density at radius 2 is 1.31 bits per heavy atom. The molecule has 0 saturated carbocycles. The summed E-state index contributed by atoms with van der Waals surface area (Å²) in [7, 11) is 0. The SMILES string of the molecule is N#CC1=CC=C(n2c3ccccc3c3c(-n4c5ccccc5c5cc(C#N)ccc54)cccc32)CC1. The van der Waals surface area contributed by atoms with E-state index >= 15 is 0 Å². The van der Waals surface area contributed by atoms with Crippen molar-refractivity contribution in [2.75, 3.05) is 0 Å². The van der Waals surface area contributed by atoms with Gasteiger partial charge >= 0.3 is 0 Å². The summed E-state index contributed by atoms with van der Waals surface area (Å²) in [6, 6.07) is 34.0. The topological polar surface area (TPSA) is 57.4 Å². The summed E-state index contributed by atoms with van der Waals surface area (Å²) in [5, 5.41) is 23.4. The monoisotopic (exact) mass is 460 g/mol. The van der Waals surface area contributed by atoms with Crippen LogP contribution >= 0.6 is 0 Å². The number of hydrogen-bond donors (Lipinski definition) is 0. The van der Waals surface area contributed by atoms with Gasteiger partial charge in [0.25, 0.3) is 0 Å². The Labute approximate surface area is 207 Å². The molecule has 0 fully saturated rings. The summed E-state index contributed by atoms with van der Waals surface area (Å²) in [5.41, 5.74) is 8.29. The summed E-state index contributed by atoms with van der Waals surface area (Å²) >= 11 is 0. The molecular weight excluding hydrogens is 440 g/mol. The van der Waals surface area contributed by atoms with Crippen molar-refractivity contribution in [3.8, 4) is 17.8 Å². The average molecular weight is 461 g/mol. The van der Waals surface area contributed by atoms with E-state index in [-0.39, 0.29) is 0 Å². The first kappa shape index (κ1) is 20.3. The van der Waals surface area contributed by atoms with Crippen molar-refractivity contribution in [2.24, 2.45) is 0 Å². The molecule has 0 spiro atoms. The third-order valence-electron chi connectivity index (χ3n) is 7.28. The summed E-state index contributed by atoms with van der Waals surface area (Å²) in [6.07, 6.45) is 5.61. The van der Waals surface area contributed by atoms with Crippen molar-refractivity contribution in [1.82, 2.24) is 9.13 Å². The maximum atomic E-state index is 9.52. The fraction of sp³-hybridized carbons (Fsp3) is 0.0625. The predicted octanol–water partition coefficient (Wildman–Crippen LogP) is 7.85. The molecule has 6 aromatic rings. The van der Waals surface area contributed by atoms with E-state index in [1.165, 1.54) is 16.5 Å². The van der Waals surface area contributed by atoms with Crippen LogP contribution in [0.15, 0.2) is 103 Å². The van der Waals surface area contributed by atoms with E-state index in [1.807, 2.05) is 18.2 Å². The molecule has 4 nitrogen and oxygen atoms in total. The highest BCUT2D eigenvalue weighted by Gasteiger charge is 2.20. The van der Waals surface area contributed by atoms with Gasteiger partial charge in [-0.15, -0.1) is 0 Å². The van der Waals surface area contributed by atoms with Crippen LogP contribution in [-0.2, 0) is 0 Å². The van der Waals surface area contributed by atoms with Crippen molar-refractivity contribution < 1.29 is 0 Å². The van der Waals surface area contributed by atoms with E-state index in [0.29, 0.717) is 5.56 Å². The Hall–Kier alpha value is -5.06. The molecule has 0 unspecified atom stereocenters. The summed E-state index contributed by atoms with van der Waals surface area (Å²) in [6.45, 7) is 0. The average Bonchev–Trinajstić information content (AvgIpc) is 3.46. The van der Waals surface area contributed by atoms with Crippen molar-refractivity contribution in [3.63, 3.8) is 0 Å². The normalized spacial score (nSPS) is 13.6. The van der Waals surface area contributed by atoms with E-state index in [1.54, 1.807) is 0 Å². The van der Waals surface area contributed by atoms with Crippen LogP contribution in [0.4, 0.5) is 0 Å². The molecule has 2 aromatic heterocycles. The van der Waals surface area contributed by atoms with Gasteiger partial charge in [-0.05, 0) is 67.5 Å². The van der Waals surface area contributed by atoms with E-state index in [0.717, 1.165) is 56.9 Å². The Kier molecular flexibility index (Phi) is 4.37. The van der Waals surface area contributed by atoms with Crippen LogP contribution in [0.25, 0.3) is 55.0 Å². The van der Waals surface area contributed by atoms with Gasteiger partial charge in [0, 0.05) is 32.8 Å². The number of hydrogen-bond acceptors (Lipinski definition) is 2. The lowest BCUT2D eigenvalue weighted by Crippen LogP contribution is -2.01. The first-order chi connectivity index (χ1) is 17.8. The zero-order valence-corrected chi connectivity index (χ0v) is 19.4. The predicted molar refractivity (Wildman–Crippen MR) is 146 cm³/mol. The lowest BCUT2D eigenvalue weighted by molar-refractivity contribution is 0.951. The number of fused-ring (bicyclic) bond motifs is 6. The molecule has 1 aliphatic rings. The highest BCUT2D eigenvalue weighted by Crippen LogP contribution is 2.40. The summed E-state index contributed by atoms with van der Waals surface area (Å²) in [4.78, 5) is 0. The zero-order valence-electron chi connectivity index (χ0n) is 19.4. The molecule has 0 radical (unpaired) electrons. The van der Waals surface area contributed by atoms with Gasteiger partial charge in [-0.2, -0.15) is 10.5 Å². The smallest absolute Gasteiger partial charge is 0.0991 e. The molecule has 2 heterocycles. The van der Waals surface area contributed by atoms with Gasteiger partial charge in [0.15, 0.2) is 0 Å². The molecule has 1 aliphatic carbocycles. The standard InChI is InChI=1S/C32H20N4/c33-19-21-12-15-23(16-13-21)35-28-9-4-2-7-25(28)32-30(35)10-5-11-31(32)36-27-8-3-1-6-24(27)26-18-22(20-34)14-17-29(26)36/h1-12,14-15,17-18H,13,16H2.